The van der Waals surface area contributed by atoms with Crippen LogP contribution in [0.2, 0.25) is 0 Å². The maximum absolute atomic E-state index is 11.7. The van der Waals surface area contributed by atoms with E-state index in [0.717, 1.165) is 22.6 Å². The van der Waals surface area contributed by atoms with Gasteiger partial charge in [0, 0.05) is 17.6 Å². The number of hydrogen-bond acceptors (Lipinski definition) is 4. The van der Waals surface area contributed by atoms with Crippen molar-refractivity contribution in [2.45, 2.75) is 44.7 Å². The van der Waals surface area contributed by atoms with E-state index in [9.17, 15) is 8.42 Å². The highest BCUT2D eigenvalue weighted by atomic mass is 32.2. The van der Waals surface area contributed by atoms with Crippen LogP contribution in [0.4, 0.5) is 0 Å². The van der Waals surface area contributed by atoms with E-state index in [-0.39, 0.29) is 17.0 Å². The minimum absolute atomic E-state index is 0.0888. The molecule has 0 saturated carbocycles. The van der Waals surface area contributed by atoms with Gasteiger partial charge in [0.2, 0.25) is 10.0 Å². The molecule has 2 aromatic rings. The fraction of sp³-hybridized carbons (Fsp3) is 0.412. The Balaban J connectivity index is 2.12. The van der Waals surface area contributed by atoms with Crippen LogP contribution in [-0.2, 0) is 10.0 Å². The van der Waals surface area contributed by atoms with Crippen molar-refractivity contribution in [2.24, 2.45) is 0 Å². The highest BCUT2D eigenvalue weighted by molar-refractivity contribution is 7.89. The predicted octanol–water partition coefficient (Wildman–Crippen LogP) is 3.22. The van der Waals surface area contributed by atoms with Crippen LogP contribution in [0.1, 0.15) is 48.6 Å². The maximum Gasteiger partial charge on any atom is 0.240 e. The molecule has 0 radical (unpaired) electrons. The number of sulfonamides is 1. The molecule has 0 amide bonds. The van der Waals surface area contributed by atoms with E-state index in [2.05, 4.69) is 23.9 Å². The monoisotopic (exact) mass is 336 g/mol. The lowest BCUT2D eigenvalue weighted by atomic mass is 10.0. The Morgan fingerprint density at radius 3 is 2.13 bits per heavy atom. The summed E-state index contributed by atoms with van der Waals surface area (Å²) in [4.78, 5) is 0.269. The number of rotatable bonds is 6. The summed E-state index contributed by atoms with van der Waals surface area (Å²) in [5.41, 5.74) is 2.17. The molecule has 6 heteroatoms. The molecule has 1 heterocycles. The average molecular weight is 336 g/mol. The number of benzene rings is 1. The zero-order chi connectivity index (χ0) is 17.2. The van der Waals surface area contributed by atoms with Gasteiger partial charge in [0.05, 0.1) is 4.90 Å². The van der Waals surface area contributed by atoms with E-state index < -0.39 is 10.0 Å². The summed E-state index contributed by atoms with van der Waals surface area (Å²) >= 11 is 0. The molecular weight excluding hydrogens is 312 g/mol. The van der Waals surface area contributed by atoms with E-state index >= 15 is 0 Å². The molecule has 0 saturated heterocycles. The smallest absolute Gasteiger partial charge is 0.240 e. The summed E-state index contributed by atoms with van der Waals surface area (Å²) < 4.78 is 31.4. The van der Waals surface area contributed by atoms with E-state index in [1.54, 1.807) is 12.1 Å². The minimum atomic E-state index is -3.39. The van der Waals surface area contributed by atoms with E-state index in [0.29, 0.717) is 0 Å². The first-order valence-electron chi connectivity index (χ1n) is 7.61. The first kappa shape index (κ1) is 17.7. The van der Waals surface area contributed by atoms with Gasteiger partial charge < -0.3 is 9.73 Å². The predicted molar refractivity (Wildman–Crippen MR) is 90.8 cm³/mol. The Kier molecular flexibility index (Phi) is 5.29. The molecule has 0 bridgehead atoms. The topological polar surface area (TPSA) is 71.3 Å². The Bertz CT molecular complexity index is 764. The fourth-order valence-corrected chi connectivity index (χ4v) is 3.42. The third-order valence-electron chi connectivity index (χ3n) is 4.01. The van der Waals surface area contributed by atoms with Crippen molar-refractivity contribution in [3.05, 3.63) is 53.0 Å². The van der Waals surface area contributed by atoms with Crippen molar-refractivity contribution in [1.29, 1.82) is 0 Å². The van der Waals surface area contributed by atoms with Crippen LogP contribution in [0.15, 0.2) is 39.6 Å². The van der Waals surface area contributed by atoms with Gasteiger partial charge in [0.25, 0.3) is 0 Å². The highest BCUT2D eigenvalue weighted by Crippen LogP contribution is 2.25. The average Bonchev–Trinajstić information content (AvgIpc) is 2.86. The molecule has 0 fully saturated rings. The van der Waals surface area contributed by atoms with Crippen LogP contribution in [0.3, 0.4) is 0 Å². The van der Waals surface area contributed by atoms with Gasteiger partial charge in [-0.2, -0.15) is 0 Å². The van der Waals surface area contributed by atoms with Crippen LogP contribution in [0.5, 0.6) is 0 Å². The summed E-state index contributed by atoms with van der Waals surface area (Å²) in [7, 11) is -1.99. The van der Waals surface area contributed by atoms with Crippen LogP contribution >= 0.6 is 0 Å². The SMILES string of the molecule is CNS(=O)(=O)c1ccc([C@@H](C)N[C@@H](C)c2cc(C)oc2C)cc1. The molecule has 0 aliphatic rings. The lowest BCUT2D eigenvalue weighted by Gasteiger charge is -2.20. The second-order valence-electron chi connectivity index (χ2n) is 5.76. The van der Waals surface area contributed by atoms with Crippen molar-refractivity contribution in [3.8, 4) is 0 Å². The minimum Gasteiger partial charge on any atom is -0.466 e. The third kappa shape index (κ3) is 4.02. The lowest BCUT2D eigenvalue weighted by molar-refractivity contribution is 0.469. The molecule has 2 atom stereocenters. The third-order valence-corrected chi connectivity index (χ3v) is 5.44. The van der Waals surface area contributed by atoms with Crippen LogP contribution in [0, 0.1) is 13.8 Å². The van der Waals surface area contributed by atoms with Crippen LogP contribution < -0.4 is 10.0 Å². The Hall–Kier alpha value is -1.63. The largest absolute Gasteiger partial charge is 0.466 e. The molecule has 5 nitrogen and oxygen atoms in total. The van der Waals surface area contributed by atoms with Crippen molar-refractivity contribution >= 4 is 10.0 Å². The van der Waals surface area contributed by atoms with Crippen LogP contribution in [0.25, 0.3) is 0 Å². The normalized spacial score (nSPS) is 14.7. The van der Waals surface area contributed by atoms with Gasteiger partial charge in [-0.3, -0.25) is 0 Å². The van der Waals surface area contributed by atoms with Gasteiger partial charge in [-0.05, 0) is 58.5 Å². The highest BCUT2D eigenvalue weighted by Gasteiger charge is 2.17. The standard InChI is InChI=1S/C17H24N2O3S/c1-11-10-17(14(4)22-11)13(3)19-12(2)15-6-8-16(9-7-15)23(20,21)18-5/h6-10,12-13,18-19H,1-5H3/t12-,13+/m1/s1. The van der Waals surface area contributed by atoms with Gasteiger partial charge in [-0.15, -0.1) is 0 Å². The summed E-state index contributed by atoms with van der Waals surface area (Å²) in [5, 5.41) is 3.51. The van der Waals surface area contributed by atoms with Gasteiger partial charge >= 0.3 is 0 Å². The molecule has 0 aliphatic heterocycles. The summed E-state index contributed by atoms with van der Waals surface area (Å²) in [6.45, 7) is 8.05. The second kappa shape index (κ2) is 6.86. The number of furan rings is 1. The number of hydrogen-bond donors (Lipinski definition) is 2. The van der Waals surface area contributed by atoms with E-state index in [1.807, 2.05) is 32.0 Å². The second-order valence-corrected chi connectivity index (χ2v) is 7.64. The first-order valence-corrected chi connectivity index (χ1v) is 9.09. The zero-order valence-electron chi connectivity index (χ0n) is 14.2. The van der Waals surface area contributed by atoms with Crippen molar-refractivity contribution < 1.29 is 12.8 Å². The fourth-order valence-electron chi connectivity index (χ4n) is 2.69. The molecular formula is C17H24N2O3S. The molecule has 23 heavy (non-hydrogen) atoms. The molecule has 2 rings (SSSR count). The summed E-state index contributed by atoms with van der Waals surface area (Å²) in [6.07, 6.45) is 0. The number of nitrogens with one attached hydrogen (secondary N) is 2. The van der Waals surface area contributed by atoms with E-state index in [1.165, 1.54) is 7.05 Å². The van der Waals surface area contributed by atoms with Gasteiger partial charge in [-0.1, -0.05) is 12.1 Å². The van der Waals surface area contributed by atoms with Gasteiger partial charge in [0.15, 0.2) is 0 Å². The Morgan fingerprint density at radius 1 is 1.04 bits per heavy atom. The molecule has 0 aliphatic carbocycles. The Labute approximate surface area is 138 Å². The molecule has 126 valence electrons. The summed E-state index contributed by atoms with van der Waals surface area (Å²) in [5.74, 6) is 1.82. The van der Waals surface area contributed by atoms with E-state index in [4.69, 9.17) is 4.42 Å². The number of aryl methyl sites for hydroxylation is 2. The van der Waals surface area contributed by atoms with Crippen molar-refractivity contribution in [3.63, 3.8) is 0 Å². The van der Waals surface area contributed by atoms with Crippen molar-refractivity contribution in [2.75, 3.05) is 7.05 Å². The molecule has 0 spiro atoms. The molecule has 1 aromatic carbocycles. The summed E-state index contributed by atoms with van der Waals surface area (Å²) in [6, 6.07) is 9.19. The lowest BCUT2D eigenvalue weighted by Crippen LogP contribution is -2.23. The molecule has 1 aromatic heterocycles. The first-order chi connectivity index (χ1) is 10.7. The Morgan fingerprint density at radius 2 is 1.65 bits per heavy atom. The molecule has 2 N–H and O–H groups in total. The zero-order valence-corrected chi connectivity index (χ0v) is 15.0. The maximum atomic E-state index is 11.7. The molecule has 0 unspecified atom stereocenters. The quantitative estimate of drug-likeness (QED) is 0.850. The van der Waals surface area contributed by atoms with Crippen molar-refractivity contribution in [1.82, 2.24) is 10.0 Å². The van der Waals surface area contributed by atoms with Gasteiger partial charge in [0.1, 0.15) is 11.5 Å². The van der Waals surface area contributed by atoms with Gasteiger partial charge in [-0.25, -0.2) is 13.1 Å². The van der Waals surface area contributed by atoms with Crippen LogP contribution in [-0.4, -0.2) is 15.5 Å².